The van der Waals surface area contributed by atoms with Crippen molar-refractivity contribution in [1.29, 1.82) is 0 Å². The van der Waals surface area contributed by atoms with Crippen molar-refractivity contribution in [2.24, 2.45) is 6.98 Å². The van der Waals surface area contributed by atoms with E-state index in [1.165, 1.54) is 4.57 Å². The van der Waals surface area contributed by atoms with E-state index in [-0.39, 0.29) is 0 Å². The minimum Gasteiger partial charge on any atom is -0.379 e. The summed E-state index contributed by atoms with van der Waals surface area (Å²) in [6.07, 6.45) is 3.30. The average Bonchev–Trinajstić information content (AvgIpc) is 3.12. The third-order valence-electron chi connectivity index (χ3n) is 3.79. The van der Waals surface area contributed by atoms with Crippen LogP contribution in [0.3, 0.4) is 0 Å². The number of hydrogen-bond acceptors (Lipinski definition) is 3. The summed E-state index contributed by atoms with van der Waals surface area (Å²) >= 11 is 0. The minimum atomic E-state index is -2.37. The van der Waals surface area contributed by atoms with Gasteiger partial charge >= 0.3 is 5.89 Å². The van der Waals surface area contributed by atoms with E-state index >= 15 is 0 Å². The van der Waals surface area contributed by atoms with E-state index in [2.05, 4.69) is 9.97 Å². The van der Waals surface area contributed by atoms with Crippen LogP contribution in [0.25, 0.3) is 33.8 Å². The Balaban J connectivity index is 1.96. The van der Waals surface area contributed by atoms with Crippen LogP contribution in [-0.4, -0.2) is 14.5 Å². The minimum absolute atomic E-state index is 0.310. The maximum Gasteiger partial charge on any atom is 0.402 e. The fourth-order valence-corrected chi connectivity index (χ4v) is 2.94. The zero-order valence-corrected chi connectivity index (χ0v) is 10.4. The van der Waals surface area contributed by atoms with Crippen LogP contribution in [0.1, 0.15) is 9.68 Å². The lowest BCUT2D eigenvalue weighted by Gasteiger charge is -1.92. The highest BCUT2D eigenvalue weighted by Gasteiger charge is 2.37. The highest BCUT2D eigenvalue weighted by atomic mass is 16.4. The summed E-state index contributed by atoms with van der Waals surface area (Å²) in [7, 11) is 0. The zero-order chi connectivity index (χ0) is 15.8. The van der Waals surface area contributed by atoms with E-state index in [1.807, 2.05) is 22.8 Å². The van der Waals surface area contributed by atoms with Crippen LogP contribution >= 0.6 is 0 Å². The van der Waals surface area contributed by atoms with Crippen LogP contribution in [0, 0.1) is 0 Å². The second-order valence-electron chi connectivity index (χ2n) is 4.87. The summed E-state index contributed by atoms with van der Waals surface area (Å²) in [4.78, 5) is 8.61. The van der Waals surface area contributed by atoms with Gasteiger partial charge in [-0.1, -0.05) is 0 Å². The van der Waals surface area contributed by atoms with Gasteiger partial charge in [-0.2, -0.15) is 0 Å². The zero-order valence-electron chi connectivity index (χ0n) is 13.4. The Morgan fingerprint density at radius 2 is 2.20 bits per heavy atom. The molecule has 0 amide bonds. The van der Waals surface area contributed by atoms with Gasteiger partial charge in [-0.25, -0.2) is 9.97 Å². The lowest BCUT2D eigenvalue weighted by molar-refractivity contribution is -0.648. The monoisotopic (exact) mass is 266 g/mol. The Morgan fingerprint density at radius 3 is 3.15 bits per heavy atom. The molecule has 0 bridgehead atoms. The van der Waals surface area contributed by atoms with E-state index in [1.54, 1.807) is 18.5 Å². The standard InChI is InChI=1S/C15H11N4O/c1-18-13-10(5-3-7-17-13)12-15(18)20-14-11-9(8-19(12)14)4-2-6-16-11/h2-7H,8H2,1H3/q+1/i1D3. The molecule has 0 saturated carbocycles. The smallest absolute Gasteiger partial charge is 0.379 e. The van der Waals surface area contributed by atoms with E-state index in [0.29, 0.717) is 23.8 Å². The molecule has 0 N–H and O–H groups in total. The molecule has 1 aliphatic heterocycles. The molecule has 0 aromatic carbocycles. The molecule has 0 spiro atoms. The number of aryl methyl sites for hydroxylation is 1. The number of oxazole rings is 1. The molecule has 0 unspecified atom stereocenters. The quantitative estimate of drug-likeness (QED) is 0.403. The van der Waals surface area contributed by atoms with Gasteiger partial charge in [-0.05, 0) is 24.3 Å². The number of rotatable bonds is 0. The molecule has 4 aromatic rings. The Labute approximate surface area is 118 Å². The van der Waals surface area contributed by atoms with Gasteiger partial charge in [-0.15, -0.1) is 4.57 Å². The van der Waals surface area contributed by atoms with Gasteiger partial charge in [-0.3, -0.25) is 4.57 Å². The van der Waals surface area contributed by atoms with Gasteiger partial charge in [0, 0.05) is 23.5 Å². The van der Waals surface area contributed by atoms with Crippen LogP contribution < -0.4 is 4.57 Å². The first kappa shape index (κ1) is 7.79. The molecule has 20 heavy (non-hydrogen) atoms. The van der Waals surface area contributed by atoms with Gasteiger partial charge < -0.3 is 4.42 Å². The van der Waals surface area contributed by atoms with E-state index in [4.69, 9.17) is 8.53 Å². The van der Waals surface area contributed by atoms with Crippen LogP contribution in [0.2, 0.25) is 0 Å². The molecular weight excluding hydrogens is 252 g/mol. The molecule has 5 nitrogen and oxygen atoms in total. The van der Waals surface area contributed by atoms with Crippen molar-refractivity contribution in [2.75, 3.05) is 0 Å². The molecule has 5 heteroatoms. The molecule has 0 saturated heterocycles. The summed E-state index contributed by atoms with van der Waals surface area (Å²) < 4.78 is 32.6. The van der Waals surface area contributed by atoms with Crippen LogP contribution in [0.15, 0.2) is 41.1 Å². The van der Waals surface area contributed by atoms with Crippen LogP contribution in [0.5, 0.6) is 0 Å². The topological polar surface area (TPSA) is 47.7 Å². The average molecular weight is 266 g/mol. The summed E-state index contributed by atoms with van der Waals surface area (Å²) in [5.41, 5.74) is 3.28. The second kappa shape index (κ2) is 3.25. The summed E-state index contributed by atoms with van der Waals surface area (Å²) in [5.74, 6) is 0.592. The first-order valence-electron chi connectivity index (χ1n) is 7.82. The summed E-state index contributed by atoms with van der Waals surface area (Å²) in [6, 6.07) is 7.55. The lowest BCUT2D eigenvalue weighted by atomic mass is 10.2. The van der Waals surface area contributed by atoms with E-state index in [9.17, 15) is 0 Å². The molecule has 5 rings (SSSR count). The van der Waals surface area contributed by atoms with Gasteiger partial charge in [0.2, 0.25) is 0 Å². The Kier molecular flexibility index (Phi) is 1.27. The van der Waals surface area contributed by atoms with Gasteiger partial charge in [0.05, 0.1) is 10.9 Å². The number of pyridine rings is 2. The normalized spacial score (nSPS) is 15.9. The van der Waals surface area contributed by atoms with Crippen molar-refractivity contribution in [3.8, 4) is 11.6 Å². The van der Waals surface area contributed by atoms with Crippen molar-refractivity contribution < 1.29 is 13.1 Å². The van der Waals surface area contributed by atoms with Crippen molar-refractivity contribution in [3.05, 3.63) is 42.2 Å². The molecule has 0 aliphatic carbocycles. The third-order valence-corrected chi connectivity index (χ3v) is 3.79. The van der Waals surface area contributed by atoms with Gasteiger partial charge in [0.25, 0.3) is 11.2 Å². The molecule has 0 radical (unpaired) electrons. The Hall–Kier alpha value is -2.69. The predicted molar refractivity (Wildman–Crippen MR) is 73.0 cm³/mol. The van der Waals surface area contributed by atoms with Crippen molar-refractivity contribution in [1.82, 2.24) is 14.5 Å². The maximum atomic E-state index is 7.82. The molecule has 4 aromatic heterocycles. The van der Waals surface area contributed by atoms with Gasteiger partial charge in [0.1, 0.15) is 5.65 Å². The Bertz CT molecular complexity index is 1090. The fraction of sp³-hybridized carbons (Fsp3) is 0.133. The fourth-order valence-electron chi connectivity index (χ4n) is 2.94. The molecule has 0 fully saturated rings. The first-order valence-corrected chi connectivity index (χ1v) is 6.32. The predicted octanol–water partition coefficient (Wildman–Crippen LogP) is 2.03. The van der Waals surface area contributed by atoms with Crippen molar-refractivity contribution >= 4 is 22.3 Å². The van der Waals surface area contributed by atoms with E-state index < -0.39 is 6.98 Å². The molecule has 5 heterocycles. The molecular formula is C15H11N4O+. The lowest BCUT2D eigenvalue weighted by Crippen LogP contribution is -2.30. The highest BCUT2D eigenvalue weighted by Crippen LogP contribution is 2.33. The van der Waals surface area contributed by atoms with E-state index in [0.717, 1.165) is 22.2 Å². The Morgan fingerprint density at radius 1 is 1.30 bits per heavy atom. The molecule has 0 atom stereocenters. The SMILES string of the molecule is [2H]C([2H])([2H])n1c2ncccc2c2c1oc1[n+]2Cc2cccnc2-1. The molecule has 1 aliphatic rings. The number of hydrogen-bond donors (Lipinski definition) is 0. The van der Waals surface area contributed by atoms with Crippen LogP contribution in [-0.2, 0) is 13.5 Å². The summed E-state index contributed by atoms with van der Waals surface area (Å²) in [6.45, 7) is -1.76. The summed E-state index contributed by atoms with van der Waals surface area (Å²) in [5, 5.41) is 0.765. The third kappa shape index (κ3) is 1.02. The van der Waals surface area contributed by atoms with Crippen LogP contribution in [0.4, 0.5) is 0 Å². The van der Waals surface area contributed by atoms with Gasteiger partial charge in [0.15, 0.2) is 12.2 Å². The second-order valence-corrected chi connectivity index (χ2v) is 4.87. The highest BCUT2D eigenvalue weighted by molar-refractivity contribution is 6.00. The number of aromatic nitrogens is 4. The number of nitrogens with zero attached hydrogens (tertiary/aromatic N) is 4. The maximum absolute atomic E-state index is 7.82. The molecule has 96 valence electrons. The van der Waals surface area contributed by atoms with Crippen molar-refractivity contribution in [2.45, 2.75) is 6.54 Å². The van der Waals surface area contributed by atoms with Crippen molar-refractivity contribution in [3.63, 3.8) is 0 Å². The number of fused-ring (bicyclic) bond motifs is 7. The largest absolute Gasteiger partial charge is 0.402 e. The first-order chi connectivity index (χ1) is 11.1.